The first-order valence-corrected chi connectivity index (χ1v) is 8.29. The molecule has 0 heterocycles. The topological polar surface area (TPSA) is 0 Å². The molecule has 20 heavy (non-hydrogen) atoms. The van der Waals surface area contributed by atoms with Crippen molar-refractivity contribution in [1.82, 2.24) is 0 Å². The third-order valence-electron chi connectivity index (χ3n) is 4.19. The minimum absolute atomic E-state index is 0. The SMILES string of the molecule is C.C.CCC(C)C(C)(C)C.CCCCC(C)CCCC. The van der Waals surface area contributed by atoms with Crippen molar-refractivity contribution < 1.29 is 0 Å². The van der Waals surface area contributed by atoms with Gasteiger partial charge in [0.2, 0.25) is 0 Å². The third-order valence-corrected chi connectivity index (χ3v) is 4.19. The van der Waals surface area contributed by atoms with Crippen LogP contribution in [0.3, 0.4) is 0 Å². The molecule has 0 saturated carbocycles. The van der Waals surface area contributed by atoms with E-state index < -0.39 is 0 Å². The van der Waals surface area contributed by atoms with Crippen LogP contribution in [0.2, 0.25) is 0 Å². The Labute approximate surface area is 133 Å². The highest BCUT2D eigenvalue weighted by atomic mass is 14.2. The van der Waals surface area contributed by atoms with Crippen LogP contribution >= 0.6 is 0 Å². The lowest BCUT2D eigenvalue weighted by Crippen LogP contribution is -2.15. The van der Waals surface area contributed by atoms with Gasteiger partial charge in [-0.15, -0.1) is 0 Å². The van der Waals surface area contributed by atoms with Crippen molar-refractivity contribution in [3.05, 3.63) is 0 Å². The lowest BCUT2D eigenvalue weighted by Gasteiger charge is -2.25. The van der Waals surface area contributed by atoms with Crippen molar-refractivity contribution in [1.29, 1.82) is 0 Å². The van der Waals surface area contributed by atoms with Crippen molar-refractivity contribution in [2.75, 3.05) is 0 Å². The fourth-order valence-corrected chi connectivity index (χ4v) is 1.86. The van der Waals surface area contributed by atoms with Crippen molar-refractivity contribution in [3.63, 3.8) is 0 Å². The first-order valence-electron chi connectivity index (χ1n) is 8.29. The zero-order chi connectivity index (χ0) is 14.6. The van der Waals surface area contributed by atoms with Gasteiger partial charge in [0.1, 0.15) is 0 Å². The molecule has 0 bridgehead atoms. The predicted molar refractivity (Wildman–Crippen MR) is 101 cm³/mol. The smallest absolute Gasteiger partial charge is 0.0357 e. The van der Waals surface area contributed by atoms with Gasteiger partial charge in [-0.2, -0.15) is 0 Å². The molecular formula is C20H48. The van der Waals surface area contributed by atoms with Gasteiger partial charge in [-0.1, -0.05) is 115 Å². The number of unbranched alkanes of at least 4 members (excludes halogenated alkanes) is 2. The number of hydrogen-bond acceptors (Lipinski definition) is 0. The first-order chi connectivity index (χ1) is 8.29. The maximum absolute atomic E-state index is 2.38. The Balaban J connectivity index is -0.000000119. The fourth-order valence-electron chi connectivity index (χ4n) is 1.86. The van der Waals surface area contributed by atoms with Gasteiger partial charge in [-0.25, -0.2) is 0 Å². The summed E-state index contributed by atoms with van der Waals surface area (Å²) < 4.78 is 0. The minimum atomic E-state index is 0. The van der Waals surface area contributed by atoms with Crippen molar-refractivity contribution in [2.45, 2.75) is 115 Å². The quantitative estimate of drug-likeness (QED) is 0.441. The summed E-state index contributed by atoms with van der Waals surface area (Å²) in [4.78, 5) is 0. The van der Waals surface area contributed by atoms with Crippen LogP contribution in [0.25, 0.3) is 0 Å². The monoisotopic (exact) mass is 288 g/mol. The van der Waals surface area contributed by atoms with Crippen LogP contribution in [0.1, 0.15) is 115 Å². The lowest BCUT2D eigenvalue weighted by molar-refractivity contribution is 0.254. The molecule has 1 atom stereocenters. The van der Waals surface area contributed by atoms with Gasteiger partial charge in [0.05, 0.1) is 0 Å². The van der Waals surface area contributed by atoms with Crippen LogP contribution < -0.4 is 0 Å². The van der Waals surface area contributed by atoms with Crippen LogP contribution in [0.5, 0.6) is 0 Å². The van der Waals surface area contributed by atoms with E-state index in [0.717, 1.165) is 11.8 Å². The molecule has 0 N–H and O–H groups in total. The summed E-state index contributed by atoms with van der Waals surface area (Å²) in [6.07, 6.45) is 9.74. The molecule has 0 spiro atoms. The Morgan fingerprint density at radius 3 is 1.25 bits per heavy atom. The molecule has 0 aliphatic rings. The molecule has 0 fully saturated rings. The van der Waals surface area contributed by atoms with E-state index in [9.17, 15) is 0 Å². The van der Waals surface area contributed by atoms with Gasteiger partial charge in [0.15, 0.2) is 0 Å². The van der Waals surface area contributed by atoms with E-state index in [1.807, 2.05) is 0 Å². The van der Waals surface area contributed by atoms with E-state index in [-0.39, 0.29) is 14.9 Å². The molecule has 0 nitrogen and oxygen atoms in total. The van der Waals surface area contributed by atoms with Gasteiger partial charge in [0.25, 0.3) is 0 Å². The summed E-state index contributed by atoms with van der Waals surface area (Å²) in [5, 5.41) is 0. The van der Waals surface area contributed by atoms with Gasteiger partial charge >= 0.3 is 0 Å². The van der Waals surface area contributed by atoms with Crippen LogP contribution in [-0.2, 0) is 0 Å². The molecule has 0 aromatic heterocycles. The summed E-state index contributed by atoms with van der Waals surface area (Å²) >= 11 is 0. The van der Waals surface area contributed by atoms with Gasteiger partial charge in [-0.05, 0) is 17.3 Å². The highest BCUT2D eigenvalue weighted by molar-refractivity contribution is 4.67. The zero-order valence-electron chi connectivity index (χ0n) is 14.6. The summed E-state index contributed by atoms with van der Waals surface area (Å²) in [7, 11) is 0. The van der Waals surface area contributed by atoms with E-state index in [4.69, 9.17) is 0 Å². The van der Waals surface area contributed by atoms with Crippen molar-refractivity contribution in [2.24, 2.45) is 17.3 Å². The minimum Gasteiger partial charge on any atom is -0.0776 e. The average Bonchev–Trinajstić information content (AvgIpc) is 2.32. The standard InChI is InChI=1S/C10H22.C8H18.2CH4/c1-4-6-8-10(3)9-7-5-2;1-6-7(2)8(3,4)5;;/h10H,4-9H2,1-3H3;7H,6H2,1-5H3;2*1H4. The highest BCUT2D eigenvalue weighted by Gasteiger charge is 2.16. The Hall–Kier alpha value is 0. The van der Waals surface area contributed by atoms with Gasteiger partial charge < -0.3 is 0 Å². The second kappa shape index (κ2) is 17.1. The van der Waals surface area contributed by atoms with Gasteiger partial charge in [0, 0.05) is 0 Å². The Morgan fingerprint density at radius 2 is 1.10 bits per heavy atom. The summed E-state index contributed by atoms with van der Waals surface area (Å²) in [5.41, 5.74) is 0.509. The third kappa shape index (κ3) is 20.3. The van der Waals surface area contributed by atoms with Crippen molar-refractivity contribution in [3.8, 4) is 0 Å². The second-order valence-electron chi connectivity index (χ2n) is 7.06. The maximum Gasteiger partial charge on any atom is -0.0357 e. The predicted octanol–water partition coefficient (Wildman–Crippen LogP) is 8.35. The van der Waals surface area contributed by atoms with E-state index in [1.165, 1.54) is 44.9 Å². The molecule has 0 aromatic rings. The molecule has 128 valence electrons. The highest BCUT2D eigenvalue weighted by Crippen LogP contribution is 2.27. The normalized spacial score (nSPS) is 11.8. The fraction of sp³-hybridized carbons (Fsp3) is 1.00. The van der Waals surface area contributed by atoms with Crippen LogP contribution in [0.15, 0.2) is 0 Å². The van der Waals surface area contributed by atoms with Crippen molar-refractivity contribution >= 4 is 0 Å². The van der Waals surface area contributed by atoms with E-state index in [2.05, 4.69) is 55.4 Å². The Morgan fingerprint density at radius 1 is 0.750 bits per heavy atom. The molecule has 0 aliphatic carbocycles. The Bertz CT molecular complexity index is 144. The molecule has 0 rings (SSSR count). The van der Waals surface area contributed by atoms with Crippen LogP contribution in [0.4, 0.5) is 0 Å². The van der Waals surface area contributed by atoms with E-state index in [1.54, 1.807) is 0 Å². The first kappa shape index (κ1) is 28.2. The molecule has 1 unspecified atom stereocenters. The number of rotatable bonds is 7. The maximum atomic E-state index is 2.38. The zero-order valence-corrected chi connectivity index (χ0v) is 14.6. The number of hydrogen-bond donors (Lipinski definition) is 0. The molecule has 0 radical (unpaired) electrons. The van der Waals surface area contributed by atoms with E-state index >= 15 is 0 Å². The lowest BCUT2D eigenvalue weighted by atomic mass is 9.81. The van der Waals surface area contributed by atoms with Gasteiger partial charge in [-0.3, -0.25) is 0 Å². The van der Waals surface area contributed by atoms with E-state index in [0.29, 0.717) is 5.41 Å². The largest absolute Gasteiger partial charge is 0.0776 e. The molecule has 0 aromatic carbocycles. The molecule has 0 heteroatoms. The average molecular weight is 289 g/mol. The summed E-state index contributed by atoms with van der Waals surface area (Å²) in [5.74, 6) is 1.82. The second-order valence-corrected chi connectivity index (χ2v) is 7.06. The molecule has 0 amide bonds. The van der Waals surface area contributed by atoms with Crippen LogP contribution in [0, 0.1) is 17.3 Å². The summed E-state index contributed by atoms with van der Waals surface area (Å²) in [6.45, 7) is 18.4. The molecule has 0 saturated heterocycles. The van der Waals surface area contributed by atoms with Crippen LogP contribution in [-0.4, -0.2) is 0 Å². The summed E-state index contributed by atoms with van der Waals surface area (Å²) in [6, 6.07) is 0. The molecule has 0 aliphatic heterocycles. The Kier molecular flexibility index (Phi) is 24.0. The molecular weight excluding hydrogens is 240 g/mol.